The number of hydrogen-bond donors (Lipinski definition) is 1. The van der Waals surface area contributed by atoms with Crippen LogP contribution in [0, 0.1) is 6.92 Å². The van der Waals surface area contributed by atoms with Gasteiger partial charge in [-0.05, 0) is 24.6 Å². The fourth-order valence-electron chi connectivity index (χ4n) is 2.43. The van der Waals surface area contributed by atoms with E-state index in [1.54, 1.807) is 23.9 Å². The van der Waals surface area contributed by atoms with Gasteiger partial charge in [-0.2, -0.15) is 0 Å². The highest BCUT2D eigenvalue weighted by Crippen LogP contribution is 2.27. The van der Waals surface area contributed by atoms with Crippen molar-refractivity contribution in [2.75, 3.05) is 11.1 Å². The van der Waals surface area contributed by atoms with Gasteiger partial charge in [0.15, 0.2) is 10.3 Å². The average molecular weight is 501 g/mol. The largest absolute Gasteiger partial charge is 0.301 e. The molecule has 0 fully saturated rings. The molecule has 3 aromatic rings. The maximum Gasteiger partial charge on any atom is 0.236 e. The van der Waals surface area contributed by atoms with Gasteiger partial charge in [0, 0.05) is 27.7 Å². The molecule has 0 unspecified atom stereocenters. The molecule has 0 aliphatic carbocycles. The number of thiazole rings is 1. The maximum absolute atomic E-state index is 12.2. The van der Waals surface area contributed by atoms with Crippen molar-refractivity contribution in [2.45, 2.75) is 30.1 Å². The average Bonchev–Trinajstić information content (AvgIpc) is 3.28. The third kappa shape index (κ3) is 6.49. The second kappa shape index (κ2) is 11.2. The van der Waals surface area contributed by atoms with E-state index in [9.17, 15) is 4.79 Å². The minimum Gasteiger partial charge on any atom is -0.301 e. The number of rotatable bonds is 10. The molecular weight excluding hydrogens is 481 g/mol. The zero-order valence-corrected chi connectivity index (χ0v) is 20.1. The Morgan fingerprint density at radius 1 is 1.33 bits per heavy atom. The molecule has 0 atom stereocenters. The molecule has 0 saturated carbocycles. The van der Waals surface area contributed by atoms with E-state index in [0.717, 1.165) is 22.8 Å². The van der Waals surface area contributed by atoms with Crippen LogP contribution in [0.2, 0.25) is 10.0 Å². The molecule has 2 aromatic heterocycles. The van der Waals surface area contributed by atoms with Crippen LogP contribution in [0.1, 0.15) is 17.1 Å². The number of halogens is 2. The van der Waals surface area contributed by atoms with Crippen molar-refractivity contribution in [3.05, 3.63) is 63.4 Å². The molecule has 3 rings (SSSR count). The van der Waals surface area contributed by atoms with Gasteiger partial charge < -0.3 is 9.88 Å². The molecule has 0 aliphatic rings. The summed E-state index contributed by atoms with van der Waals surface area (Å²) >= 11 is 16.6. The molecule has 1 aromatic carbocycles. The molecule has 1 amide bonds. The van der Waals surface area contributed by atoms with Gasteiger partial charge in [0.1, 0.15) is 5.82 Å². The molecule has 0 bridgehead atoms. The zero-order valence-electron chi connectivity index (χ0n) is 16.1. The minimum atomic E-state index is -0.129. The van der Waals surface area contributed by atoms with Crippen LogP contribution in [0.5, 0.6) is 0 Å². The Bertz CT molecular complexity index is 1040. The van der Waals surface area contributed by atoms with Crippen LogP contribution in [0.4, 0.5) is 5.13 Å². The first-order valence-electron chi connectivity index (χ1n) is 8.85. The van der Waals surface area contributed by atoms with Gasteiger partial charge in [-0.1, -0.05) is 47.1 Å². The summed E-state index contributed by atoms with van der Waals surface area (Å²) < 4.78 is 1.97. The monoisotopic (exact) mass is 499 g/mol. The molecule has 0 saturated heterocycles. The van der Waals surface area contributed by atoms with Crippen molar-refractivity contribution in [2.24, 2.45) is 0 Å². The SMILES string of the molecule is C=CCn1c(CSCc2ccc(Cl)cc2Cl)nnc1SCC(=O)Nc1nc(C)cs1. The van der Waals surface area contributed by atoms with Crippen molar-refractivity contribution in [3.8, 4) is 0 Å². The van der Waals surface area contributed by atoms with Crippen LogP contribution in [0.25, 0.3) is 0 Å². The zero-order chi connectivity index (χ0) is 21.5. The number of aromatic nitrogens is 4. The first-order valence-corrected chi connectivity index (χ1v) is 12.6. The standard InChI is InChI=1S/C19H19Cl2N5OS3/c1-3-6-26-16(10-28-9-13-4-5-14(20)7-15(13)21)24-25-19(26)30-11-17(27)23-18-22-12(2)8-29-18/h3-5,7-8H,1,6,9-11H2,2H3,(H,22,23,27). The van der Waals surface area contributed by atoms with E-state index in [0.29, 0.717) is 32.6 Å². The van der Waals surface area contributed by atoms with E-state index in [1.807, 2.05) is 29.0 Å². The molecule has 6 nitrogen and oxygen atoms in total. The normalized spacial score (nSPS) is 10.9. The van der Waals surface area contributed by atoms with Gasteiger partial charge in [0.2, 0.25) is 5.91 Å². The number of thioether (sulfide) groups is 2. The number of carbonyl (C=O) groups is 1. The Labute approximate surface area is 197 Å². The molecule has 0 aliphatic heterocycles. The van der Waals surface area contributed by atoms with Crippen LogP contribution in [-0.4, -0.2) is 31.4 Å². The molecule has 0 radical (unpaired) electrons. The summed E-state index contributed by atoms with van der Waals surface area (Å²) in [5.41, 5.74) is 1.90. The highest BCUT2D eigenvalue weighted by atomic mass is 35.5. The van der Waals surface area contributed by atoms with Crippen LogP contribution in [0.15, 0.2) is 41.4 Å². The lowest BCUT2D eigenvalue weighted by atomic mass is 10.2. The summed E-state index contributed by atoms with van der Waals surface area (Å²) in [6, 6.07) is 5.50. The lowest BCUT2D eigenvalue weighted by Gasteiger charge is -2.08. The van der Waals surface area contributed by atoms with E-state index in [1.165, 1.54) is 23.1 Å². The van der Waals surface area contributed by atoms with E-state index < -0.39 is 0 Å². The molecular formula is C19H19Cl2N5OS3. The number of aryl methyl sites for hydroxylation is 1. The Hall–Kier alpha value is -1.52. The van der Waals surface area contributed by atoms with E-state index >= 15 is 0 Å². The predicted octanol–water partition coefficient (Wildman–Crippen LogP) is 5.70. The summed E-state index contributed by atoms with van der Waals surface area (Å²) in [7, 11) is 0. The van der Waals surface area contributed by atoms with Gasteiger partial charge in [-0.25, -0.2) is 4.98 Å². The molecule has 1 N–H and O–H groups in total. The topological polar surface area (TPSA) is 72.7 Å². The summed E-state index contributed by atoms with van der Waals surface area (Å²) in [6.07, 6.45) is 1.79. The van der Waals surface area contributed by atoms with Crippen molar-refractivity contribution in [3.63, 3.8) is 0 Å². The van der Waals surface area contributed by atoms with Gasteiger partial charge in [-0.3, -0.25) is 4.79 Å². The Balaban J connectivity index is 1.57. The Morgan fingerprint density at radius 3 is 2.87 bits per heavy atom. The van der Waals surface area contributed by atoms with Gasteiger partial charge in [0.05, 0.1) is 17.2 Å². The highest BCUT2D eigenvalue weighted by molar-refractivity contribution is 7.99. The summed E-state index contributed by atoms with van der Waals surface area (Å²) in [4.78, 5) is 16.4. The number of nitrogens with zero attached hydrogens (tertiary/aromatic N) is 4. The number of nitrogens with one attached hydrogen (secondary N) is 1. The second-order valence-corrected chi connectivity index (χ2v) is 9.79. The van der Waals surface area contributed by atoms with Gasteiger partial charge >= 0.3 is 0 Å². The number of amides is 1. The van der Waals surface area contributed by atoms with E-state index in [2.05, 4.69) is 27.1 Å². The second-order valence-electron chi connectivity index (χ2n) is 6.16. The van der Waals surface area contributed by atoms with Crippen LogP contribution < -0.4 is 5.32 Å². The van der Waals surface area contributed by atoms with Gasteiger partial charge in [-0.15, -0.1) is 39.9 Å². The highest BCUT2D eigenvalue weighted by Gasteiger charge is 2.14. The van der Waals surface area contributed by atoms with E-state index in [-0.39, 0.29) is 11.7 Å². The summed E-state index contributed by atoms with van der Waals surface area (Å²) in [5, 5.41) is 15.8. The van der Waals surface area contributed by atoms with Crippen LogP contribution in [0.3, 0.4) is 0 Å². The van der Waals surface area contributed by atoms with Crippen molar-refractivity contribution >= 4 is 69.1 Å². The quantitative estimate of drug-likeness (QED) is 0.284. The maximum atomic E-state index is 12.2. The number of allylic oxidation sites excluding steroid dienone is 1. The minimum absolute atomic E-state index is 0.129. The third-order valence-electron chi connectivity index (χ3n) is 3.81. The van der Waals surface area contributed by atoms with E-state index in [4.69, 9.17) is 23.2 Å². The van der Waals surface area contributed by atoms with Crippen LogP contribution >= 0.6 is 58.1 Å². The first kappa shape index (κ1) is 23.1. The fraction of sp³-hybridized carbons (Fsp3) is 0.263. The predicted molar refractivity (Wildman–Crippen MR) is 128 cm³/mol. The third-order valence-corrected chi connectivity index (χ3v) is 7.21. The molecule has 11 heteroatoms. The number of anilines is 1. The number of carbonyl (C=O) groups excluding carboxylic acids is 1. The van der Waals surface area contributed by atoms with Gasteiger partial charge in [0.25, 0.3) is 0 Å². The van der Waals surface area contributed by atoms with Crippen molar-refractivity contribution < 1.29 is 4.79 Å². The molecule has 158 valence electrons. The van der Waals surface area contributed by atoms with Crippen molar-refractivity contribution in [1.82, 2.24) is 19.7 Å². The summed E-state index contributed by atoms with van der Waals surface area (Å²) in [6.45, 7) is 6.27. The smallest absolute Gasteiger partial charge is 0.236 e. The van der Waals surface area contributed by atoms with Crippen molar-refractivity contribution in [1.29, 1.82) is 0 Å². The number of hydrogen-bond acceptors (Lipinski definition) is 7. The fourth-order valence-corrected chi connectivity index (χ4v) is 5.43. The molecule has 0 spiro atoms. The summed E-state index contributed by atoms with van der Waals surface area (Å²) in [5.74, 6) is 2.31. The first-order chi connectivity index (χ1) is 14.5. The lowest BCUT2D eigenvalue weighted by Crippen LogP contribution is -2.14. The number of benzene rings is 1. The molecule has 2 heterocycles. The Kier molecular flexibility index (Phi) is 8.64. The lowest BCUT2D eigenvalue weighted by molar-refractivity contribution is -0.113. The van der Waals surface area contributed by atoms with Crippen LogP contribution in [-0.2, 0) is 22.8 Å². The Morgan fingerprint density at radius 2 is 2.17 bits per heavy atom. The molecule has 30 heavy (non-hydrogen) atoms.